The molecule has 2 rings (SSSR count). The maximum atomic E-state index is 12.4. The number of methoxy groups -OCH3 is 1. The number of nitrogens with one attached hydrogen (secondary N) is 3. The molecule has 0 atom stereocenters. The van der Waals surface area contributed by atoms with Crippen molar-refractivity contribution in [2.24, 2.45) is 5.41 Å². The predicted molar refractivity (Wildman–Crippen MR) is 122 cm³/mol. The Kier molecular flexibility index (Phi) is 8.72. The summed E-state index contributed by atoms with van der Waals surface area (Å²) in [7, 11) is 1.61. The topological polar surface area (TPSA) is 124 Å². The number of nitrogens with zero attached hydrogens (tertiary/aromatic N) is 1. The molecule has 0 unspecified atom stereocenters. The van der Waals surface area contributed by atoms with Gasteiger partial charge in [0.2, 0.25) is 0 Å². The van der Waals surface area contributed by atoms with E-state index in [1.54, 1.807) is 31.5 Å². The van der Waals surface area contributed by atoms with E-state index in [4.69, 9.17) is 15.3 Å². The molecule has 1 aromatic carbocycles. The minimum atomic E-state index is -0.371. The summed E-state index contributed by atoms with van der Waals surface area (Å²) >= 11 is 0. The number of aromatic nitrogens is 1. The Bertz CT molecular complexity index is 918. The van der Waals surface area contributed by atoms with Crippen molar-refractivity contribution in [3.63, 3.8) is 0 Å². The van der Waals surface area contributed by atoms with Crippen molar-refractivity contribution in [1.29, 1.82) is 5.41 Å². The van der Waals surface area contributed by atoms with Gasteiger partial charge in [-0.2, -0.15) is 0 Å². The Hall–Kier alpha value is -3.23. The van der Waals surface area contributed by atoms with Gasteiger partial charge in [0.15, 0.2) is 0 Å². The van der Waals surface area contributed by atoms with Gasteiger partial charge in [-0.05, 0) is 24.3 Å². The van der Waals surface area contributed by atoms with Gasteiger partial charge < -0.3 is 25.9 Å². The standard InChI is InChI=1S/C23H31N5O3/c1-23(2,3)21(24)13-19(27-17-6-5-7-20(12-17)31-4)15-26-22(30)28-18-9-8-16(10-11-29)25-14-18/h5-9,12-14,24,27,29H,10-11,15H2,1-4H3,(H2,26,28,30)/p+1/b19-13-,24-21?. The zero-order valence-electron chi connectivity index (χ0n) is 18.5. The number of hydrogen-bond donors (Lipinski definition) is 5. The zero-order valence-corrected chi connectivity index (χ0v) is 18.5. The first kappa shape index (κ1) is 24.0. The molecule has 0 spiro atoms. The molecule has 0 aliphatic rings. The minimum Gasteiger partial charge on any atom is -0.497 e. The highest BCUT2D eigenvalue weighted by Crippen LogP contribution is 2.17. The van der Waals surface area contributed by atoms with E-state index in [9.17, 15) is 4.79 Å². The number of anilines is 1. The summed E-state index contributed by atoms with van der Waals surface area (Å²) in [5, 5.41) is 24.8. The molecule has 0 aliphatic heterocycles. The number of hydrogen-bond acceptors (Lipinski definition) is 5. The van der Waals surface area contributed by atoms with E-state index in [1.165, 1.54) is 0 Å². The van der Waals surface area contributed by atoms with Crippen molar-refractivity contribution in [2.45, 2.75) is 27.2 Å². The van der Waals surface area contributed by atoms with Crippen LogP contribution in [0.4, 0.5) is 16.2 Å². The van der Waals surface area contributed by atoms with Gasteiger partial charge in [-0.1, -0.05) is 26.8 Å². The molecular weight excluding hydrogens is 394 g/mol. The van der Waals surface area contributed by atoms with Crippen LogP contribution in [0, 0.1) is 10.8 Å². The van der Waals surface area contributed by atoms with Crippen molar-refractivity contribution < 1.29 is 20.0 Å². The van der Waals surface area contributed by atoms with Crippen LogP contribution in [-0.4, -0.2) is 42.1 Å². The van der Waals surface area contributed by atoms with Crippen LogP contribution in [0.2, 0.25) is 0 Å². The molecule has 1 aromatic heterocycles. The first-order valence-electron chi connectivity index (χ1n) is 10.1. The second-order valence-electron chi connectivity index (χ2n) is 8.12. The van der Waals surface area contributed by atoms with Crippen molar-refractivity contribution in [2.75, 3.05) is 25.6 Å². The van der Waals surface area contributed by atoms with Gasteiger partial charge in [0.25, 0.3) is 0 Å². The Morgan fingerprint density at radius 2 is 2.06 bits per heavy atom. The van der Waals surface area contributed by atoms with Crippen molar-refractivity contribution in [1.82, 2.24) is 10.3 Å². The maximum Gasteiger partial charge on any atom is 0.319 e. The lowest BCUT2D eigenvalue weighted by atomic mass is 9.89. The van der Waals surface area contributed by atoms with E-state index < -0.39 is 0 Å². The number of allylic oxidation sites excluding steroid dienone is 1. The van der Waals surface area contributed by atoms with Gasteiger partial charge in [-0.3, -0.25) is 10.3 Å². The molecule has 0 saturated carbocycles. The predicted octanol–water partition coefficient (Wildman–Crippen LogP) is 2.59. The van der Waals surface area contributed by atoms with E-state index in [0.717, 1.165) is 22.8 Å². The molecule has 0 fully saturated rings. The second kappa shape index (κ2) is 11.2. The third kappa shape index (κ3) is 8.19. The van der Waals surface area contributed by atoms with Crippen LogP contribution in [0.1, 0.15) is 26.5 Å². The number of rotatable bonds is 9. The molecule has 0 aliphatic carbocycles. The molecule has 8 nitrogen and oxygen atoms in total. The number of aliphatic hydroxyl groups is 1. The average molecular weight is 427 g/mol. The van der Waals surface area contributed by atoms with Crippen molar-refractivity contribution >= 4 is 23.1 Å². The summed E-state index contributed by atoms with van der Waals surface area (Å²) in [6.07, 6.45) is 3.81. The van der Waals surface area contributed by atoms with Crippen LogP contribution in [0.15, 0.2) is 54.4 Å². The Balaban J connectivity index is 2.06. The quantitative estimate of drug-likeness (QED) is 0.312. The van der Waals surface area contributed by atoms with E-state index in [0.29, 0.717) is 17.8 Å². The first-order chi connectivity index (χ1) is 14.7. The Morgan fingerprint density at radius 1 is 1.29 bits per heavy atom. The maximum absolute atomic E-state index is 12.4. The van der Waals surface area contributed by atoms with E-state index in [1.807, 2.05) is 50.4 Å². The third-order valence-electron chi connectivity index (χ3n) is 4.49. The van der Waals surface area contributed by atoms with Crippen molar-refractivity contribution in [3.05, 3.63) is 60.1 Å². The number of amides is 2. The highest BCUT2D eigenvalue weighted by Gasteiger charge is 2.18. The van der Waals surface area contributed by atoms with Crippen LogP contribution in [-0.2, 0) is 6.42 Å². The number of carbonyl (C=O) groups excluding carboxylic acids is 1. The summed E-state index contributed by atoms with van der Waals surface area (Å²) in [5.74, 6) is 0.738. The lowest BCUT2D eigenvalue weighted by Crippen LogP contribution is -2.77. The number of nitrogens with two attached hydrogens (primary N) is 1. The molecule has 1 heterocycles. The van der Waals surface area contributed by atoms with Crippen LogP contribution in [0.5, 0.6) is 5.75 Å². The molecule has 6 N–H and O–H groups in total. The van der Waals surface area contributed by atoms with Gasteiger partial charge in [0.1, 0.15) is 17.1 Å². The summed E-state index contributed by atoms with van der Waals surface area (Å²) in [6.45, 7) is 6.20. The number of benzene rings is 1. The Labute approximate surface area is 183 Å². The smallest absolute Gasteiger partial charge is 0.319 e. The van der Waals surface area contributed by atoms with Crippen LogP contribution in [0.25, 0.3) is 0 Å². The lowest BCUT2D eigenvalue weighted by Gasteiger charge is -2.18. The molecular formula is C23H32N5O3+. The first-order valence-corrected chi connectivity index (χ1v) is 10.1. The van der Waals surface area contributed by atoms with Gasteiger partial charge in [-0.25, -0.2) is 4.79 Å². The fourth-order valence-electron chi connectivity index (χ4n) is 2.61. The largest absolute Gasteiger partial charge is 0.497 e. The minimum absolute atomic E-state index is 0.0305. The zero-order chi connectivity index (χ0) is 22.9. The molecule has 0 saturated heterocycles. The average Bonchev–Trinajstić information content (AvgIpc) is 2.73. The second-order valence-corrected chi connectivity index (χ2v) is 8.12. The Morgan fingerprint density at radius 3 is 2.68 bits per heavy atom. The van der Waals surface area contributed by atoms with Gasteiger partial charge in [-0.15, -0.1) is 0 Å². The summed E-state index contributed by atoms with van der Waals surface area (Å²) in [5.41, 5.74) is 3.18. The molecule has 0 bridgehead atoms. The highest BCUT2D eigenvalue weighted by atomic mass is 16.5. The fourth-order valence-corrected chi connectivity index (χ4v) is 2.61. The number of ether oxygens (including phenoxy) is 1. The normalized spacial score (nSPS) is 11.7. The van der Waals surface area contributed by atoms with E-state index >= 15 is 0 Å². The lowest BCUT2D eigenvalue weighted by molar-refractivity contribution is -0.518. The number of quaternary nitrogens is 1. The van der Waals surface area contributed by atoms with Gasteiger partial charge in [0, 0.05) is 42.0 Å². The molecule has 8 heteroatoms. The number of urea groups is 1. The third-order valence-corrected chi connectivity index (χ3v) is 4.49. The van der Waals surface area contributed by atoms with E-state index in [2.05, 4.69) is 15.6 Å². The monoisotopic (exact) mass is 426 g/mol. The summed E-state index contributed by atoms with van der Waals surface area (Å²) in [6, 6.07) is 10.7. The van der Waals surface area contributed by atoms with Crippen molar-refractivity contribution in [3.8, 4) is 5.75 Å². The summed E-state index contributed by atoms with van der Waals surface area (Å²) < 4.78 is 5.28. The van der Waals surface area contributed by atoms with E-state index in [-0.39, 0.29) is 24.6 Å². The fraction of sp³-hybridized carbons (Fsp3) is 0.348. The number of aliphatic hydroxyl groups excluding tert-OH is 1. The highest BCUT2D eigenvalue weighted by molar-refractivity contribution is 5.96. The van der Waals surface area contributed by atoms with Crippen LogP contribution in [0.3, 0.4) is 0 Å². The molecule has 0 radical (unpaired) electrons. The molecule has 31 heavy (non-hydrogen) atoms. The van der Waals surface area contributed by atoms with Crippen LogP contribution >= 0.6 is 0 Å². The van der Waals surface area contributed by atoms with Crippen LogP contribution < -0.4 is 20.7 Å². The SMILES string of the molecule is COc1cccc([NH2+]/C(=C\C(=N)C(C)(C)C)CNC(=O)Nc2ccc(CCO)nc2)c1. The molecule has 2 amide bonds. The van der Waals surface area contributed by atoms with Gasteiger partial charge in [0.05, 0.1) is 25.5 Å². The number of carbonyl (C=O) groups is 1. The molecule has 2 aromatic rings. The summed E-state index contributed by atoms with van der Waals surface area (Å²) in [4.78, 5) is 16.6. The number of pyridine rings is 1. The van der Waals surface area contributed by atoms with Gasteiger partial charge >= 0.3 is 6.03 Å². The molecule has 166 valence electrons.